The van der Waals surface area contributed by atoms with Gasteiger partial charge in [0, 0.05) is 12.2 Å². The Kier molecular flexibility index (Phi) is 4.27. The van der Waals surface area contributed by atoms with Gasteiger partial charge in [-0.15, -0.1) is 0 Å². The van der Waals surface area contributed by atoms with Gasteiger partial charge < -0.3 is 15.7 Å². The van der Waals surface area contributed by atoms with Crippen molar-refractivity contribution in [1.82, 2.24) is 5.32 Å². The van der Waals surface area contributed by atoms with Gasteiger partial charge in [0.1, 0.15) is 0 Å². The van der Waals surface area contributed by atoms with E-state index in [9.17, 15) is 14.7 Å². The summed E-state index contributed by atoms with van der Waals surface area (Å²) in [5, 5.41) is 14.7. The third-order valence-corrected chi connectivity index (χ3v) is 3.88. The second kappa shape index (κ2) is 5.94. The first-order valence-electron chi connectivity index (χ1n) is 6.87. The minimum atomic E-state index is -0.814. The summed E-state index contributed by atoms with van der Waals surface area (Å²) in [7, 11) is 0. The number of carboxylic acids is 1. The summed E-state index contributed by atoms with van der Waals surface area (Å²) >= 11 is 0. The Morgan fingerprint density at radius 2 is 2.00 bits per heavy atom. The summed E-state index contributed by atoms with van der Waals surface area (Å²) in [6.07, 6.45) is 3.08. The normalized spacial score (nSPS) is 16.6. The molecule has 0 aliphatic heterocycles. The average molecular weight is 276 g/mol. The van der Waals surface area contributed by atoms with Gasteiger partial charge in [-0.05, 0) is 37.5 Å². The molecule has 2 amide bonds. The second-order valence-electron chi connectivity index (χ2n) is 5.47. The minimum Gasteiger partial charge on any atom is -0.481 e. The number of benzene rings is 1. The van der Waals surface area contributed by atoms with E-state index in [2.05, 4.69) is 10.6 Å². The van der Waals surface area contributed by atoms with Crippen LogP contribution in [0.1, 0.15) is 31.2 Å². The van der Waals surface area contributed by atoms with Gasteiger partial charge in [0.15, 0.2) is 0 Å². The molecule has 0 spiro atoms. The Morgan fingerprint density at radius 1 is 1.30 bits per heavy atom. The minimum absolute atomic E-state index is 0.181. The molecule has 3 N–H and O–H groups in total. The number of anilines is 1. The largest absolute Gasteiger partial charge is 0.481 e. The number of nitrogens with one attached hydrogen (secondary N) is 2. The van der Waals surface area contributed by atoms with Crippen molar-refractivity contribution in [3.8, 4) is 0 Å². The van der Waals surface area contributed by atoms with Gasteiger partial charge >= 0.3 is 12.0 Å². The highest BCUT2D eigenvalue weighted by molar-refractivity contribution is 5.89. The zero-order valence-electron chi connectivity index (χ0n) is 11.6. The summed E-state index contributed by atoms with van der Waals surface area (Å²) in [6.45, 7) is 2.13. The Labute approximate surface area is 118 Å². The Hall–Kier alpha value is -2.04. The van der Waals surface area contributed by atoms with Crippen LogP contribution in [-0.4, -0.2) is 23.7 Å². The number of carbonyl (C=O) groups excluding carboxylic acids is 1. The Balaban J connectivity index is 1.90. The standard InChI is InChI=1S/C15H20N2O3/c1-11-5-4-6-12(9-11)17-14(20)16-10-15(13(18)19)7-2-3-8-15/h4-6,9H,2-3,7-8,10H2,1H3,(H,18,19)(H2,16,17,20). The van der Waals surface area contributed by atoms with Crippen LogP contribution < -0.4 is 10.6 Å². The molecule has 0 saturated heterocycles. The predicted octanol–water partition coefficient (Wildman–Crippen LogP) is 2.76. The van der Waals surface area contributed by atoms with E-state index < -0.39 is 11.4 Å². The summed E-state index contributed by atoms with van der Waals surface area (Å²) in [5.41, 5.74) is 0.975. The highest BCUT2D eigenvalue weighted by Gasteiger charge is 2.41. The molecule has 0 heterocycles. The van der Waals surface area contributed by atoms with Crippen molar-refractivity contribution in [3.05, 3.63) is 29.8 Å². The molecule has 1 aliphatic rings. The lowest BCUT2D eigenvalue weighted by atomic mass is 9.86. The Bertz CT molecular complexity index is 508. The van der Waals surface area contributed by atoms with E-state index in [1.54, 1.807) is 6.07 Å². The zero-order chi connectivity index (χ0) is 14.6. The van der Waals surface area contributed by atoms with E-state index >= 15 is 0 Å². The van der Waals surface area contributed by atoms with Crippen LogP contribution in [0.15, 0.2) is 24.3 Å². The van der Waals surface area contributed by atoms with Crippen LogP contribution >= 0.6 is 0 Å². The smallest absolute Gasteiger partial charge is 0.319 e. The molecule has 0 atom stereocenters. The van der Waals surface area contributed by atoms with Crippen LogP contribution in [0.2, 0.25) is 0 Å². The van der Waals surface area contributed by atoms with Crippen molar-refractivity contribution < 1.29 is 14.7 Å². The van der Waals surface area contributed by atoms with Crippen molar-refractivity contribution >= 4 is 17.7 Å². The van der Waals surface area contributed by atoms with E-state index in [1.807, 2.05) is 25.1 Å². The van der Waals surface area contributed by atoms with Crippen LogP contribution in [0.3, 0.4) is 0 Å². The number of aryl methyl sites for hydroxylation is 1. The number of hydrogen-bond acceptors (Lipinski definition) is 2. The van der Waals surface area contributed by atoms with Gasteiger partial charge in [-0.2, -0.15) is 0 Å². The van der Waals surface area contributed by atoms with Crippen LogP contribution in [0.5, 0.6) is 0 Å². The number of carboxylic acid groups (broad SMARTS) is 1. The van der Waals surface area contributed by atoms with Gasteiger partial charge in [-0.25, -0.2) is 4.79 Å². The molecule has 0 bridgehead atoms. The molecular weight excluding hydrogens is 256 g/mol. The van der Waals surface area contributed by atoms with E-state index in [4.69, 9.17) is 0 Å². The number of aliphatic carboxylic acids is 1. The number of rotatable bonds is 4. The predicted molar refractivity (Wildman–Crippen MR) is 76.7 cm³/mol. The van der Waals surface area contributed by atoms with Crippen LogP contribution in [0, 0.1) is 12.3 Å². The van der Waals surface area contributed by atoms with Gasteiger partial charge in [0.2, 0.25) is 0 Å². The van der Waals surface area contributed by atoms with Crippen molar-refractivity contribution in [2.45, 2.75) is 32.6 Å². The van der Waals surface area contributed by atoms with Crippen LogP contribution in [0.25, 0.3) is 0 Å². The average Bonchev–Trinajstić information content (AvgIpc) is 2.86. The molecule has 108 valence electrons. The molecule has 0 radical (unpaired) electrons. The van der Waals surface area contributed by atoms with Gasteiger partial charge in [-0.1, -0.05) is 25.0 Å². The highest BCUT2D eigenvalue weighted by atomic mass is 16.4. The molecular formula is C15H20N2O3. The first kappa shape index (κ1) is 14.4. The monoisotopic (exact) mass is 276 g/mol. The number of carbonyl (C=O) groups is 2. The molecule has 1 saturated carbocycles. The molecule has 1 aliphatic carbocycles. The third kappa shape index (κ3) is 3.29. The first-order chi connectivity index (χ1) is 9.52. The Morgan fingerprint density at radius 3 is 2.60 bits per heavy atom. The lowest BCUT2D eigenvalue weighted by Crippen LogP contribution is -2.42. The molecule has 2 rings (SSSR count). The molecule has 0 unspecified atom stereocenters. The maximum absolute atomic E-state index is 11.8. The molecule has 1 aromatic rings. The summed E-state index contributed by atoms with van der Waals surface area (Å²) < 4.78 is 0. The fraction of sp³-hybridized carbons (Fsp3) is 0.467. The second-order valence-corrected chi connectivity index (χ2v) is 5.47. The van der Waals surface area contributed by atoms with Crippen molar-refractivity contribution in [1.29, 1.82) is 0 Å². The number of urea groups is 1. The van der Waals surface area contributed by atoms with Crippen LogP contribution in [0.4, 0.5) is 10.5 Å². The van der Waals surface area contributed by atoms with Crippen LogP contribution in [-0.2, 0) is 4.79 Å². The lowest BCUT2D eigenvalue weighted by Gasteiger charge is -2.24. The van der Waals surface area contributed by atoms with E-state index in [0.717, 1.165) is 18.4 Å². The lowest BCUT2D eigenvalue weighted by molar-refractivity contribution is -0.148. The van der Waals surface area contributed by atoms with E-state index in [-0.39, 0.29) is 12.6 Å². The highest BCUT2D eigenvalue weighted by Crippen LogP contribution is 2.37. The summed E-state index contributed by atoms with van der Waals surface area (Å²) in [4.78, 5) is 23.2. The maximum atomic E-state index is 11.8. The van der Waals surface area contributed by atoms with Crippen molar-refractivity contribution in [2.75, 3.05) is 11.9 Å². The third-order valence-electron chi connectivity index (χ3n) is 3.88. The van der Waals surface area contributed by atoms with Gasteiger partial charge in [0.25, 0.3) is 0 Å². The fourth-order valence-electron chi connectivity index (χ4n) is 2.67. The molecule has 20 heavy (non-hydrogen) atoms. The summed E-state index contributed by atoms with van der Waals surface area (Å²) in [5.74, 6) is -0.814. The van der Waals surface area contributed by atoms with Crippen molar-refractivity contribution in [3.63, 3.8) is 0 Å². The fourth-order valence-corrected chi connectivity index (χ4v) is 2.67. The quantitative estimate of drug-likeness (QED) is 0.791. The topological polar surface area (TPSA) is 78.4 Å². The van der Waals surface area contributed by atoms with Crippen molar-refractivity contribution in [2.24, 2.45) is 5.41 Å². The molecule has 1 fully saturated rings. The van der Waals surface area contributed by atoms with Gasteiger partial charge in [-0.3, -0.25) is 4.79 Å². The maximum Gasteiger partial charge on any atom is 0.319 e. The molecule has 1 aromatic carbocycles. The van der Waals surface area contributed by atoms with Gasteiger partial charge in [0.05, 0.1) is 5.41 Å². The van der Waals surface area contributed by atoms with E-state index in [1.165, 1.54) is 0 Å². The van der Waals surface area contributed by atoms with E-state index in [0.29, 0.717) is 18.5 Å². The molecule has 5 nitrogen and oxygen atoms in total. The SMILES string of the molecule is Cc1cccc(NC(=O)NCC2(C(=O)O)CCCC2)c1. The number of hydrogen-bond donors (Lipinski definition) is 3. The number of amides is 2. The zero-order valence-corrected chi connectivity index (χ0v) is 11.6. The first-order valence-corrected chi connectivity index (χ1v) is 6.87. The molecule has 0 aromatic heterocycles. The molecule has 5 heteroatoms. The summed E-state index contributed by atoms with van der Waals surface area (Å²) in [6, 6.07) is 7.11.